The summed E-state index contributed by atoms with van der Waals surface area (Å²) in [5.74, 6) is 0.338. The van der Waals surface area contributed by atoms with Gasteiger partial charge in [0.1, 0.15) is 6.33 Å². The molecule has 0 aromatic carbocycles. The van der Waals surface area contributed by atoms with E-state index in [2.05, 4.69) is 20.6 Å². The summed E-state index contributed by atoms with van der Waals surface area (Å²) in [6, 6.07) is 0. The van der Waals surface area contributed by atoms with Crippen LogP contribution in [0.2, 0.25) is 0 Å². The van der Waals surface area contributed by atoms with Crippen LogP contribution in [0, 0.1) is 16.0 Å². The predicted molar refractivity (Wildman–Crippen MR) is 67.6 cm³/mol. The first-order valence-corrected chi connectivity index (χ1v) is 5.68. The van der Waals surface area contributed by atoms with Crippen LogP contribution in [-0.4, -0.2) is 39.7 Å². The molecule has 0 bridgehead atoms. The average Bonchev–Trinajstić information content (AvgIpc) is 2.36. The zero-order valence-corrected chi connectivity index (χ0v) is 10.4. The summed E-state index contributed by atoms with van der Waals surface area (Å²) in [6.07, 6.45) is 1.26. The number of aromatic nitrogens is 2. The highest BCUT2D eigenvalue weighted by atomic mass is 16.6. The molecular weight excluding hydrogens is 238 g/mol. The molecule has 0 spiro atoms. The van der Waals surface area contributed by atoms with E-state index in [1.165, 1.54) is 6.33 Å². The highest BCUT2D eigenvalue weighted by Gasteiger charge is 2.22. The van der Waals surface area contributed by atoms with Crippen molar-refractivity contribution in [3.05, 3.63) is 16.4 Å². The van der Waals surface area contributed by atoms with Crippen molar-refractivity contribution < 1.29 is 10.0 Å². The van der Waals surface area contributed by atoms with Crippen molar-refractivity contribution in [1.82, 2.24) is 9.97 Å². The number of nitrogens with one attached hydrogen (secondary N) is 2. The highest BCUT2D eigenvalue weighted by Crippen LogP contribution is 2.28. The first-order chi connectivity index (χ1) is 8.60. The molecule has 0 fully saturated rings. The molecule has 8 nitrogen and oxygen atoms in total. The lowest BCUT2D eigenvalue weighted by Gasteiger charge is -2.11. The van der Waals surface area contributed by atoms with Crippen molar-refractivity contribution in [3.8, 4) is 0 Å². The van der Waals surface area contributed by atoms with Crippen LogP contribution in [0.25, 0.3) is 0 Å². The van der Waals surface area contributed by atoms with E-state index in [0.717, 1.165) is 0 Å². The van der Waals surface area contributed by atoms with Gasteiger partial charge in [0.15, 0.2) is 0 Å². The van der Waals surface area contributed by atoms with Gasteiger partial charge in [-0.15, -0.1) is 0 Å². The third-order valence-electron chi connectivity index (χ3n) is 2.28. The van der Waals surface area contributed by atoms with Gasteiger partial charge in [-0.05, 0) is 12.8 Å². The van der Waals surface area contributed by atoms with Crippen LogP contribution in [-0.2, 0) is 0 Å². The Kier molecular flexibility index (Phi) is 5.25. The Balaban J connectivity index is 2.95. The lowest BCUT2D eigenvalue weighted by atomic mass is 10.2. The van der Waals surface area contributed by atoms with Crippen LogP contribution in [0.5, 0.6) is 0 Å². The van der Waals surface area contributed by atoms with E-state index in [1.54, 1.807) is 0 Å². The summed E-state index contributed by atoms with van der Waals surface area (Å²) in [4.78, 5) is 18.2. The molecule has 1 aromatic rings. The fourth-order valence-electron chi connectivity index (χ4n) is 1.31. The number of aliphatic hydroxyl groups excluding tert-OH is 1. The van der Waals surface area contributed by atoms with Gasteiger partial charge in [0.25, 0.3) is 0 Å². The van der Waals surface area contributed by atoms with Crippen LogP contribution < -0.4 is 10.6 Å². The molecule has 100 valence electrons. The molecule has 0 radical (unpaired) electrons. The fourth-order valence-corrected chi connectivity index (χ4v) is 1.31. The molecule has 1 unspecified atom stereocenters. The molecule has 1 aromatic heterocycles. The van der Waals surface area contributed by atoms with E-state index in [9.17, 15) is 10.1 Å². The normalized spacial score (nSPS) is 11.9. The van der Waals surface area contributed by atoms with Crippen LogP contribution in [0.15, 0.2) is 6.33 Å². The maximum atomic E-state index is 11.0. The molecule has 0 saturated carbocycles. The second-order valence-corrected chi connectivity index (χ2v) is 3.88. The van der Waals surface area contributed by atoms with Crippen LogP contribution in [0.1, 0.15) is 13.8 Å². The molecular formula is C10H17N5O3. The lowest BCUT2D eigenvalue weighted by Crippen LogP contribution is -2.17. The van der Waals surface area contributed by atoms with E-state index in [1.807, 2.05) is 13.8 Å². The minimum atomic E-state index is -0.524. The van der Waals surface area contributed by atoms with Gasteiger partial charge < -0.3 is 15.7 Å². The van der Waals surface area contributed by atoms with Gasteiger partial charge in [0, 0.05) is 19.7 Å². The van der Waals surface area contributed by atoms with Crippen molar-refractivity contribution >= 4 is 17.3 Å². The van der Waals surface area contributed by atoms with Gasteiger partial charge in [-0.1, -0.05) is 6.92 Å². The minimum absolute atomic E-state index is 0.00590. The molecule has 0 aliphatic carbocycles. The van der Waals surface area contributed by atoms with E-state index in [4.69, 9.17) is 5.11 Å². The zero-order chi connectivity index (χ0) is 13.5. The largest absolute Gasteiger partial charge is 0.396 e. The number of hydrogen-bond donors (Lipinski definition) is 3. The summed E-state index contributed by atoms with van der Waals surface area (Å²) in [5, 5.41) is 25.6. The van der Waals surface area contributed by atoms with E-state index in [-0.39, 0.29) is 29.8 Å². The SMILES string of the molecule is CCNc1ncnc(NCC(C)CO)c1[N+](=O)[O-]. The maximum absolute atomic E-state index is 11.0. The Labute approximate surface area is 105 Å². The molecule has 3 N–H and O–H groups in total. The first kappa shape index (κ1) is 14.1. The average molecular weight is 255 g/mol. The second kappa shape index (κ2) is 6.70. The number of rotatable bonds is 7. The van der Waals surface area contributed by atoms with Crippen molar-refractivity contribution in [3.63, 3.8) is 0 Å². The van der Waals surface area contributed by atoms with Gasteiger partial charge in [0.2, 0.25) is 11.6 Å². The standard InChI is InChI=1S/C10H17N5O3/c1-3-11-9-8(15(17)18)10(14-6-13-9)12-4-7(2)5-16/h6-7,16H,3-5H2,1-2H3,(H2,11,12,13,14). The molecule has 1 heterocycles. The second-order valence-electron chi connectivity index (χ2n) is 3.88. The number of nitro groups is 1. The molecule has 0 aliphatic rings. The summed E-state index contributed by atoms with van der Waals surface area (Å²) in [5.41, 5.74) is -0.176. The molecule has 1 rings (SSSR count). The Bertz CT molecular complexity index is 412. The van der Waals surface area contributed by atoms with E-state index in [0.29, 0.717) is 13.1 Å². The van der Waals surface area contributed by atoms with Gasteiger partial charge in [-0.2, -0.15) is 0 Å². The minimum Gasteiger partial charge on any atom is -0.396 e. The smallest absolute Gasteiger partial charge is 0.353 e. The number of aliphatic hydroxyl groups is 1. The summed E-state index contributed by atoms with van der Waals surface area (Å²) >= 11 is 0. The Morgan fingerprint density at radius 3 is 2.56 bits per heavy atom. The van der Waals surface area contributed by atoms with Crippen LogP contribution in [0.3, 0.4) is 0 Å². The quantitative estimate of drug-likeness (QED) is 0.489. The summed E-state index contributed by atoms with van der Waals surface area (Å²) < 4.78 is 0. The van der Waals surface area contributed by atoms with E-state index >= 15 is 0 Å². The van der Waals surface area contributed by atoms with Gasteiger partial charge >= 0.3 is 5.69 Å². The van der Waals surface area contributed by atoms with Gasteiger partial charge in [0.05, 0.1) is 4.92 Å². The zero-order valence-electron chi connectivity index (χ0n) is 10.4. The topological polar surface area (TPSA) is 113 Å². The Morgan fingerprint density at radius 2 is 2.06 bits per heavy atom. The first-order valence-electron chi connectivity index (χ1n) is 5.68. The maximum Gasteiger partial charge on any atom is 0.353 e. The molecule has 18 heavy (non-hydrogen) atoms. The van der Waals surface area contributed by atoms with Crippen molar-refractivity contribution in [2.24, 2.45) is 5.92 Å². The fraction of sp³-hybridized carbons (Fsp3) is 0.600. The van der Waals surface area contributed by atoms with Crippen LogP contribution >= 0.6 is 0 Å². The number of anilines is 2. The lowest BCUT2D eigenvalue weighted by molar-refractivity contribution is -0.383. The monoisotopic (exact) mass is 255 g/mol. The van der Waals surface area contributed by atoms with E-state index < -0.39 is 4.92 Å². The van der Waals surface area contributed by atoms with Crippen molar-refractivity contribution in [2.75, 3.05) is 30.3 Å². The number of nitrogens with zero attached hydrogens (tertiary/aromatic N) is 3. The number of hydrogen-bond acceptors (Lipinski definition) is 7. The predicted octanol–water partition coefficient (Wildman–Crippen LogP) is 0.857. The summed E-state index contributed by atoms with van der Waals surface area (Å²) in [7, 11) is 0. The third kappa shape index (κ3) is 3.52. The van der Waals surface area contributed by atoms with Crippen LogP contribution in [0.4, 0.5) is 17.3 Å². The highest BCUT2D eigenvalue weighted by molar-refractivity contribution is 5.69. The third-order valence-corrected chi connectivity index (χ3v) is 2.28. The Morgan fingerprint density at radius 1 is 1.44 bits per heavy atom. The molecule has 0 saturated heterocycles. The van der Waals surface area contributed by atoms with Crippen molar-refractivity contribution in [2.45, 2.75) is 13.8 Å². The van der Waals surface area contributed by atoms with Crippen molar-refractivity contribution in [1.29, 1.82) is 0 Å². The Hall–Kier alpha value is -1.96. The molecule has 0 amide bonds. The summed E-state index contributed by atoms with van der Waals surface area (Å²) in [6.45, 7) is 4.59. The molecule has 8 heteroatoms. The van der Waals surface area contributed by atoms with Gasteiger partial charge in [-0.3, -0.25) is 10.1 Å². The molecule has 0 aliphatic heterocycles. The van der Waals surface area contributed by atoms with Gasteiger partial charge in [-0.25, -0.2) is 9.97 Å². The molecule has 1 atom stereocenters.